The maximum Gasteiger partial charge on any atom is 0.135 e. The molecule has 1 aromatic heterocycles. The van der Waals surface area contributed by atoms with Crippen LogP contribution in [-0.4, -0.2) is 0 Å². The summed E-state index contributed by atoms with van der Waals surface area (Å²) in [6, 6.07) is 84.2. The Morgan fingerprint density at radius 2 is 0.839 bits per heavy atom. The van der Waals surface area contributed by atoms with E-state index in [4.69, 9.17) is 4.42 Å². The Morgan fingerprint density at radius 1 is 0.306 bits per heavy atom. The SMILES string of the molecule is c1ccc(N(c2ccc3oc4ccccc4c3c2)c2cccc3c2-c2ccccc2C32c3ccccc3-c3ccc(N(c4ccccc4)c4cccc5ccccc45)cc32)cc1. The van der Waals surface area contributed by atoms with Crippen LogP contribution < -0.4 is 9.80 Å². The molecule has 290 valence electrons. The van der Waals surface area contributed by atoms with E-state index in [1.54, 1.807) is 0 Å². The number of furan rings is 1. The van der Waals surface area contributed by atoms with E-state index in [2.05, 4.69) is 228 Å². The molecule has 3 heteroatoms. The number of nitrogens with zero attached hydrogens (tertiary/aromatic N) is 2. The molecule has 0 amide bonds. The molecule has 3 nitrogen and oxygen atoms in total. The fraction of sp³-hybridized carbons (Fsp3) is 0.0169. The number of anilines is 6. The molecule has 1 unspecified atom stereocenters. The van der Waals surface area contributed by atoms with Crippen LogP contribution in [0.15, 0.2) is 235 Å². The van der Waals surface area contributed by atoms with Gasteiger partial charge in [0.15, 0.2) is 0 Å². The van der Waals surface area contributed by atoms with E-state index in [0.29, 0.717) is 0 Å². The highest BCUT2D eigenvalue weighted by molar-refractivity contribution is 6.08. The van der Waals surface area contributed by atoms with Crippen molar-refractivity contribution in [3.63, 3.8) is 0 Å². The zero-order valence-corrected chi connectivity index (χ0v) is 33.7. The molecule has 2 aliphatic rings. The van der Waals surface area contributed by atoms with Crippen molar-refractivity contribution in [3.8, 4) is 22.3 Å². The van der Waals surface area contributed by atoms with Crippen molar-refractivity contribution in [2.45, 2.75) is 5.41 Å². The molecule has 1 atom stereocenters. The minimum atomic E-state index is -0.571. The van der Waals surface area contributed by atoms with Gasteiger partial charge in [-0.3, -0.25) is 0 Å². The number of fused-ring (bicyclic) bond motifs is 14. The minimum absolute atomic E-state index is 0.571. The van der Waals surface area contributed by atoms with Crippen molar-refractivity contribution < 1.29 is 4.42 Å². The Morgan fingerprint density at radius 3 is 1.65 bits per heavy atom. The van der Waals surface area contributed by atoms with Crippen molar-refractivity contribution in [1.29, 1.82) is 0 Å². The predicted octanol–water partition coefficient (Wildman–Crippen LogP) is 16.0. The highest BCUT2D eigenvalue weighted by Gasteiger charge is 2.52. The zero-order chi connectivity index (χ0) is 40.8. The number of hydrogen-bond donors (Lipinski definition) is 0. The van der Waals surface area contributed by atoms with Gasteiger partial charge in [0.25, 0.3) is 0 Å². The smallest absolute Gasteiger partial charge is 0.135 e. The van der Waals surface area contributed by atoms with Crippen LogP contribution >= 0.6 is 0 Å². The van der Waals surface area contributed by atoms with Crippen LogP contribution in [0.25, 0.3) is 55.0 Å². The summed E-state index contributed by atoms with van der Waals surface area (Å²) in [6.45, 7) is 0. The topological polar surface area (TPSA) is 19.6 Å². The van der Waals surface area contributed by atoms with Crippen LogP contribution in [0.3, 0.4) is 0 Å². The standard InChI is InChI=1S/C59H38N2O/c1-3-19-40(20-4-1)60(54-30-15-18-39-17-7-8-23-44(39)54)43-33-35-46-45-24-9-12-27-50(45)59(53(46)38-43)51-28-13-10-26-48(51)58-52(59)29-16-31-55(58)61(41-21-5-2-6-22-41)42-34-36-57-49(37-42)47-25-11-14-32-56(47)62-57/h1-38H. The van der Waals surface area contributed by atoms with E-state index in [0.717, 1.165) is 56.1 Å². The van der Waals surface area contributed by atoms with Crippen molar-refractivity contribution in [3.05, 3.63) is 253 Å². The quantitative estimate of drug-likeness (QED) is 0.167. The summed E-state index contributed by atoms with van der Waals surface area (Å²) >= 11 is 0. The number of benzene rings is 10. The molecule has 2 aliphatic carbocycles. The predicted molar refractivity (Wildman–Crippen MR) is 257 cm³/mol. The highest BCUT2D eigenvalue weighted by atomic mass is 16.3. The Labute approximate surface area is 360 Å². The van der Waals surface area contributed by atoms with Crippen molar-refractivity contribution in [2.24, 2.45) is 0 Å². The van der Waals surface area contributed by atoms with Crippen molar-refractivity contribution >= 4 is 66.8 Å². The monoisotopic (exact) mass is 790 g/mol. The summed E-state index contributed by atoms with van der Waals surface area (Å²) < 4.78 is 6.33. The third-order valence-corrected chi connectivity index (χ3v) is 13.2. The Kier molecular flexibility index (Phi) is 7.52. The first kappa shape index (κ1) is 34.7. The first-order chi connectivity index (χ1) is 30.8. The van der Waals surface area contributed by atoms with Gasteiger partial charge in [0.1, 0.15) is 11.2 Å². The summed E-state index contributed by atoms with van der Waals surface area (Å²) in [5, 5.41) is 4.64. The minimum Gasteiger partial charge on any atom is -0.456 e. The normalized spacial score (nSPS) is 14.5. The molecule has 62 heavy (non-hydrogen) atoms. The van der Waals surface area contributed by atoms with Crippen molar-refractivity contribution in [2.75, 3.05) is 9.80 Å². The lowest BCUT2D eigenvalue weighted by Gasteiger charge is -2.33. The lowest BCUT2D eigenvalue weighted by atomic mass is 9.70. The van der Waals surface area contributed by atoms with E-state index in [-0.39, 0.29) is 0 Å². The molecule has 0 N–H and O–H groups in total. The molecule has 13 rings (SSSR count). The first-order valence-electron chi connectivity index (χ1n) is 21.3. The van der Waals surface area contributed by atoms with Crippen LogP contribution in [0.4, 0.5) is 34.1 Å². The molecule has 1 heterocycles. The van der Waals surface area contributed by atoms with Gasteiger partial charge in [-0.05, 0) is 117 Å². The molecule has 0 radical (unpaired) electrons. The maximum absolute atomic E-state index is 6.33. The van der Waals surface area contributed by atoms with E-state index >= 15 is 0 Å². The molecule has 0 aliphatic heterocycles. The van der Waals surface area contributed by atoms with Crippen LogP contribution in [0.5, 0.6) is 0 Å². The molecule has 1 spiro atoms. The average Bonchev–Trinajstić information content (AvgIpc) is 3.97. The van der Waals surface area contributed by atoms with Crippen molar-refractivity contribution in [1.82, 2.24) is 0 Å². The Balaban J connectivity index is 1.09. The van der Waals surface area contributed by atoms with Gasteiger partial charge in [-0.25, -0.2) is 0 Å². The Hall–Kier alpha value is -8.14. The lowest BCUT2D eigenvalue weighted by Crippen LogP contribution is -2.26. The maximum atomic E-state index is 6.33. The van der Waals surface area contributed by atoms with Crippen LogP contribution in [0, 0.1) is 0 Å². The van der Waals surface area contributed by atoms with Gasteiger partial charge in [0.05, 0.1) is 16.8 Å². The van der Waals surface area contributed by atoms with Gasteiger partial charge in [0.2, 0.25) is 0 Å². The summed E-state index contributed by atoms with van der Waals surface area (Å²) in [7, 11) is 0. The number of rotatable bonds is 6. The summed E-state index contributed by atoms with van der Waals surface area (Å²) in [6.07, 6.45) is 0. The second kappa shape index (κ2) is 13.4. The van der Waals surface area contributed by atoms with E-state index in [1.165, 1.54) is 55.3 Å². The second-order valence-corrected chi connectivity index (χ2v) is 16.4. The van der Waals surface area contributed by atoms with Gasteiger partial charge in [-0.1, -0.05) is 158 Å². The molecular formula is C59H38N2O. The molecule has 0 bridgehead atoms. The second-order valence-electron chi connectivity index (χ2n) is 16.4. The zero-order valence-electron chi connectivity index (χ0n) is 33.7. The highest BCUT2D eigenvalue weighted by Crippen LogP contribution is 2.65. The fourth-order valence-electron chi connectivity index (χ4n) is 10.7. The van der Waals surface area contributed by atoms with Crippen LogP contribution in [0.2, 0.25) is 0 Å². The average molecular weight is 791 g/mol. The summed E-state index contributed by atoms with van der Waals surface area (Å²) in [5.74, 6) is 0. The van der Waals surface area contributed by atoms with Gasteiger partial charge in [-0.2, -0.15) is 0 Å². The van der Waals surface area contributed by atoms with Gasteiger partial charge in [0, 0.05) is 44.5 Å². The van der Waals surface area contributed by atoms with E-state index in [1.807, 2.05) is 12.1 Å². The molecule has 10 aromatic carbocycles. The number of hydrogen-bond acceptors (Lipinski definition) is 3. The third kappa shape index (κ3) is 4.88. The summed E-state index contributed by atoms with van der Waals surface area (Å²) in [5.41, 5.74) is 18.1. The molecule has 11 aromatic rings. The van der Waals surface area contributed by atoms with Gasteiger partial charge < -0.3 is 14.2 Å². The Bertz CT molecular complexity index is 3550. The first-order valence-corrected chi connectivity index (χ1v) is 21.3. The van der Waals surface area contributed by atoms with Crippen LogP contribution in [-0.2, 0) is 5.41 Å². The van der Waals surface area contributed by atoms with Gasteiger partial charge >= 0.3 is 0 Å². The number of para-hydroxylation sites is 3. The molecule has 0 saturated heterocycles. The summed E-state index contributed by atoms with van der Waals surface area (Å²) in [4.78, 5) is 4.87. The van der Waals surface area contributed by atoms with E-state index < -0.39 is 5.41 Å². The van der Waals surface area contributed by atoms with E-state index in [9.17, 15) is 0 Å². The molecule has 0 saturated carbocycles. The third-order valence-electron chi connectivity index (χ3n) is 13.2. The van der Waals surface area contributed by atoms with Crippen LogP contribution in [0.1, 0.15) is 22.3 Å². The van der Waals surface area contributed by atoms with Gasteiger partial charge in [-0.15, -0.1) is 0 Å². The fourth-order valence-corrected chi connectivity index (χ4v) is 10.7. The lowest BCUT2D eigenvalue weighted by molar-refractivity contribution is 0.669. The largest absolute Gasteiger partial charge is 0.456 e. The molecule has 0 fully saturated rings. The molecular weight excluding hydrogens is 753 g/mol.